The van der Waals surface area contributed by atoms with E-state index in [9.17, 15) is 0 Å². The number of aromatic nitrogens is 2. The molecule has 2 heteroatoms. The smallest absolute Gasteiger partial charge is 0.0946 e. The molecule has 2 rings (SSSR count). The highest BCUT2D eigenvalue weighted by atomic mass is 15.0. The second kappa shape index (κ2) is 3.45. The van der Waals surface area contributed by atoms with E-state index in [1.165, 1.54) is 0 Å². The fourth-order valence-corrected chi connectivity index (χ4v) is 1.85. The predicted molar refractivity (Wildman–Crippen MR) is 57.8 cm³/mol. The first-order valence-corrected chi connectivity index (χ1v) is 5.02. The Labute approximate surface area is 85.0 Å². The van der Waals surface area contributed by atoms with Crippen LogP contribution < -0.4 is 0 Å². The summed E-state index contributed by atoms with van der Waals surface area (Å²) in [6, 6.07) is 0. The van der Waals surface area contributed by atoms with Crippen molar-refractivity contribution in [3.05, 3.63) is 43.0 Å². The van der Waals surface area contributed by atoms with E-state index in [4.69, 9.17) is 0 Å². The van der Waals surface area contributed by atoms with Gasteiger partial charge in [0, 0.05) is 24.4 Å². The van der Waals surface area contributed by atoms with Crippen molar-refractivity contribution in [2.45, 2.75) is 20.4 Å². The molecular weight excluding hydrogens is 172 g/mol. The molecule has 1 heterocycles. The van der Waals surface area contributed by atoms with Crippen LogP contribution in [0.15, 0.2) is 43.0 Å². The summed E-state index contributed by atoms with van der Waals surface area (Å²) in [6.07, 6.45) is 14.5. The Balaban J connectivity index is 2.17. The highest BCUT2D eigenvalue weighted by Crippen LogP contribution is 2.34. The van der Waals surface area contributed by atoms with Crippen molar-refractivity contribution >= 4 is 0 Å². The Morgan fingerprint density at radius 2 is 2.29 bits per heavy atom. The van der Waals surface area contributed by atoms with E-state index in [2.05, 4.69) is 47.7 Å². The first-order valence-electron chi connectivity index (χ1n) is 5.02. The van der Waals surface area contributed by atoms with E-state index >= 15 is 0 Å². The average molecular weight is 188 g/mol. The van der Waals surface area contributed by atoms with Gasteiger partial charge in [-0.3, -0.25) is 0 Å². The molecule has 0 bridgehead atoms. The van der Waals surface area contributed by atoms with E-state index in [0.29, 0.717) is 5.92 Å². The van der Waals surface area contributed by atoms with Gasteiger partial charge in [-0.1, -0.05) is 38.2 Å². The number of allylic oxidation sites excluding steroid dienone is 4. The molecular formula is C12H16N2. The van der Waals surface area contributed by atoms with E-state index in [1.807, 2.05) is 18.7 Å². The Kier molecular flexibility index (Phi) is 2.28. The summed E-state index contributed by atoms with van der Waals surface area (Å²) in [4.78, 5) is 4.06. The van der Waals surface area contributed by atoms with Gasteiger partial charge in [0.2, 0.25) is 0 Å². The second-order valence-corrected chi connectivity index (χ2v) is 4.27. The van der Waals surface area contributed by atoms with Gasteiger partial charge in [-0.2, -0.15) is 0 Å². The third kappa shape index (κ3) is 1.65. The van der Waals surface area contributed by atoms with Crippen molar-refractivity contribution in [2.24, 2.45) is 11.3 Å². The summed E-state index contributed by atoms with van der Waals surface area (Å²) in [5, 5.41) is 0. The maximum Gasteiger partial charge on any atom is 0.0946 e. The molecule has 2 unspecified atom stereocenters. The highest BCUT2D eigenvalue weighted by Gasteiger charge is 2.28. The van der Waals surface area contributed by atoms with Crippen LogP contribution in [-0.4, -0.2) is 9.55 Å². The van der Waals surface area contributed by atoms with E-state index in [0.717, 1.165) is 6.54 Å². The lowest BCUT2D eigenvalue weighted by Gasteiger charge is -2.33. The largest absolute Gasteiger partial charge is 0.337 e. The summed E-state index contributed by atoms with van der Waals surface area (Å²) in [5.74, 6) is 0.579. The molecule has 0 fully saturated rings. The van der Waals surface area contributed by atoms with E-state index in [1.54, 1.807) is 0 Å². The second-order valence-electron chi connectivity index (χ2n) is 4.27. The molecule has 2 nitrogen and oxygen atoms in total. The van der Waals surface area contributed by atoms with Crippen LogP contribution in [0, 0.1) is 11.3 Å². The number of rotatable bonds is 2. The van der Waals surface area contributed by atoms with Crippen LogP contribution in [0.5, 0.6) is 0 Å². The Bertz CT molecular complexity index is 348. The Morgan fingerprint density at radius 1 is 1.43 bits per heavy atom. The SMILES string of the molecule is CC1C=CC=CC1(C)Cn1ccnc1. The third-order valence-electron chi connectivity index (χ3n) is 3.11. The molecule has 1 aromatic heterocycles. The van der Waals surface area contributed by atoms with Crippen molar-refractivity contribution in [3.63, 3.8) is 0 Å². The van der Waals surface area contributed by atoms with Crippen LogP contribution in [0.1, 0.15) is 13.8 Å². The van der Waals surface area contributed by atoms with Crippen LogP contribution >= 0.6 is 0 Å². The van der Waals surface area contributed by atoms with Gasteiger partial charge >= 0.3 is 0 Å². The zero-order valence-corrected chi connectivity index (χ0v) is 8.72. The number of hydrogen-bond donors (Lipinski definition) is 0. The molecule has 0 aromatic carbocycles. The number of nitrogens with zero attached hydrogens (tertiary/aromatic N) is 2. The maximum absolute atomic E-state index is 4.06. The molecule has 0 radical (unpaired) electrons. The summed E-state index contributed by atoms with van der Waals surface area (Å²) in [5.41, 5.74) is 0.218. The first kappa shape index (κ1) is 9.25. The molecule has 2 atom stereocenters. The van der Waals surface area contributed by atoms with Crippen LogP contribution in [0.25, 0.3) is 0 Å². The third-order valence-corrected chi connectivity index (χ3v) is 3.11. The zero-order valence-electron chi connectivity index (χ0n) is 8.72. The van der Waals surface area contributed by atoms with Gasteiger partial charge in [-0.25, -0.2) is 4.98 Å². The molecule has 0 saturated carbocycles. The monoisotopic (exact) mass is 188 g/mol. The molecule has 1 aliphatic carbocycles. The topological polar surface area (TPSA) is 17.8 Å². The van der Waals surface area contributed by atoms with E-state index < -0.39 is 0 Å². The minimum Gasteiger partial charge on any atom is -0.337 e. The van der Waals surface area contributed by atoms with Gasteiger partial charge in [0.25, 0.3) is 0 Å². The van der Waals surface area contributed by atoms with Crippen molar-refractivity contribution in [1.29, 1.82) is 0 Å². The lowest BCUT2D eigenvalue weighted by Crippen LogP contribution is -2.28. The number of imidazole rings is 1. The minimum atomic E-state index is 0.218. The van der Waals surface area contributed by atoms with Crippen LogP contribution in [0.4, 0.5) is 0 Å². The van der Waals surface area contributed by atoms with Gasteiger partial charge in [0.1, 0.15) is 0 Å². The molecule has 0 N–H and O–H groups in total. The first-order chi connectivity index (χ1) is 6.71. The van der Waals surface area contributed by atoms with Crippen molar-refractivity contribution in [1.82, 2.24) is 9.55 Å². The fraction of sp³-hybridized carbons (Fsp3) is 0.417. The molecule has 14 heavy (non-hydrogen) atoms. The fourth-order valence-electron chi connectivity index (χ4n) is 1.85. The lowest BCUT2D eigenvalue weighted by molar-refractivity contribution is 0.275. The van der Waals surface area contributed by atoms with Crippen molar-refractivity contribution in [2.75, 3.05) is 0 Å². The molecule has 0 aliphatic heterocycles. The van der Waals surface area contributed by atoms with E-state index in [-0.39, 0.29) is 5.41 Å². The zero-order chi connectivity index (χ0) is 10.0. The van der Waals surface area contributed by atoms with Gasteiger partial charge in [-0.15, -0.1) is 0 Å². The quantitative estimate of drug-likeness (QED) is 0.697. The summed E-state index contributed by atoms with van der Waals surface area (Å²) < 4.78 is 2.14. The molecule has 1 aromatic rings. The normalized spacial score (nSPS) is 30.9. The Hall–Kier alpha value is -1.31. The average Bonchev–Trinajstić information content (AvgIpc) is 2.63. The Morgan fingerprint density at radius 3 is 2.93 bits per heavy atom. The van der Waals surface area contributed by atoms with Crippen molar-refractivity contribution in [3.8, 4) is 0 Å². The maximum atomic E-state index is 4.06. The highest BCUT2D eigenvalue weighted by molar-refractivity contribution is 5.18. The van der Waals surface area contributed by atoms with Crippen LogP contribution in [-0.2, 0) is 6.54 Å². The van der Waals surface area contributed by atoms with Gasteiger partial charge < -0.3 is 4.57 Å². The lowest BCUT2D eigenvalue weighted by atomic mass is 9.75. The van der Waals surface area contributed by atoms with Crippen molar-refractivity contribution < 1.29 is 0 Å². The summed E-state index contributed by atoms with van der Waals surface area (Å²) in [7, 11) is 0. The predicted octanol–water partition coefficient (Wildman–Crippen LogP) is 2.65. The molecule has 1 aliphatic rings. The molecule has 0 spiro atoms. The van der Waals surface area contributed by atoms with Crippen LogP contribution in [0.2, 0.25) is 0 Å². The van der Waals surface area contributed by atoms with Crippen LogP contribution in [0.3, 0.4) is 0 Å². The van der Waals surface area contributed by atoms with Gasteiger partial charge in [0.05, 0.1) is 6.33 Å². The van der Waals surface area contributed by atoms with Gasteiger partial charge in [0.15, 0.2) is 0 Å². The molecule has 0 saturated heterocycles. The molecule has 0 amide bonds. The standard InChI is InChI=1S/C12H16N2/c1-11-5-3-4-6-12(11,2)9-14-8-7-13-10-14/h3-8,10-11H,9H2,1-2H3. The van der Waals surface area contributed by atoms with Gasteiger partial charge in [-0.05, 0) is 5.92 Å². The minimum absolute atomic E-state index is 0.218. The summed E-state index contributed by atoms with van der Waals surface area (Å²) in [6.45, 7) is 5.55. The number of hydrogen-bond acceptors (Lipinski definition) is 1. The molecule has 74 valence electrons. The summed E-state index contributed by atoms with van der Waals surface area (Å²) >= 11 is 0.